The molecule has 0 bridgehead atoms. The van der Waals surface area contributed by atoms with Crippen molar-refractivity contribution in [1.82, 2.24) is 0 Å². The summed E-state index contributed by atoms with van der Waals surface area (Å²) in [7, 11) is 0. The standard InChI is InChI=1S/C13H27NO/c1-3-12-6-5-7-13(10-12,11-14)8-9-15-4-2/h12H,3-11,14H2,1-2H3. The molecule has 2 atom stereocenters. The molecular formula is C13H27NO. The average molecular weight is 213 g/mol. The Morgan fingerprint density at radius 3 is 2.80 bits per heavy atom. The van der Waals surface area contributed by atoms with E-state index in [1.54, 1.807) is 0 Å². The van der Waals surface area contributed by atoms with Crippen molar-refractivity contribution >= 4 is 0 Å². The molecule has 0 aliphatic heterocycles. The monoisotopic (exact) mass is 213 g/mol. The van der Waals surface area contributed by atoms with Crippen LogP contribution in [0.1, 0.15) is 52.4 Å². The summed E-state index contributed by atoms with van der Waals surface area (Å²) in [6.45, 7) is 6.93. The van der Waals surface area contributed by atoms with Crippen molar-refractivity contribution in [3.05, 3.63) is 0 Å². The summed E-state index contributed by atoms with van der Waals surface area (Å²) in [6, 6.07) is 0. The lowest BCUT2D eigenvalue weighted by molar-refractivity contribution is 0.0671. The Morgan fingerprint density at radius 2 is 2.20 bits per heavy atom. The van der Waals surface area contributed by atoms with Crippen molar-refractivity contribution in [2.75, 3.05) is 19.8 Å². The number of rotatable bonds is 6. The van der Waals surface area contributed by atoms with E-state index in [9.17, 15) is 0 Å². The minimum absolute atomic E-state index is 0.397. The Bertz CT molecular complexity index is 172. The highest BCUT2D eigenvalue weighted by Crippen LogP contribution is 2.42. The van der Waals surface area contributed by atoms with Gasteiger partial charge >= 0.3 is 0 Å². The van der Waals surface area contributed by atoms with Gasteiger partial charge in [-0.3, -0.25) is 0 Å². The van der Waals surface area contributed by atoms with Crippen molar-refractivity contribution in [1.29, 1.82) is 0 Å². The van der Waals surface area contributed by atoms with Gasteiger partial charge in [-0.25, -0.2) is 0 Å². The highest BCUT2D eigenvalue weighted by atomic mass is 16.5. The Balaban J connectivity index is 2.43. The summed E-state index contributed by atoms with van der Waals surface area (Å²) >= 11 is 0. The van der Waals surface area contributed by atoms with Crippen molar-refractivity contribution in [3.8, 4) is 0 Å². The zero-order chi connectivity index (χ0) is 11.1. The summed E-state index contributed by atoms with van der Waals surface area (Å²) in [5.41, 5.74) is 6.38. The van der Waals surface area contributed by atoms with E-state index in [0.29, 0.717) is 5.41 Å². The first-order chi connectivity index (χ1) is 7.26. The predicted octanol–water partition coefficient (Wildman–Crippen LogP) is 2.96. The molecule has 1 fully saturated rings. The van der Waals surface area contributed by atoms with Gasteiger partial charge in [0.1, 0.15) is 0 Å². The molecule has 2 nitrogen and oxygen atoms in total. The average Bonchev–Trinajstić information content (AvgIpc) is 2.30. The second kappa shape index (κ2) is 6.49. The van der Waals surface area contributed by atoms with E-state index < -0.39 is 0 Å². The van der Waals surface area contributed by atoms with Crippen LogP contribution in [0.25, 0.3) is 0 Å². The van der Waals surface area contributed by atoms with Gasteiger partial charge in [-0.2, -0.15) is 0 Å². The summed E-state index contributed by atoms with van der Waals surface area (Å²) in [5.74, 6) is 0.906. The fourth-order valence-electron chi connectivity index (χ4n) is 2.88. The van der Waals surface area contributed by atoms with Gasteiger partial charge in [0, 0.05) is 13.2 Å². The first kappa shape index (κ1) is 13.0. The Hall–Kier alpha value is -0.0800. The van der Waals surface area contributed by atoms with Crippen molar-refractivity contribution in [3.63, 3.8) is 0 Å². The van der Waals surface area contributed by atoms with Crippen LogP contribution in [0.4, 0.5) is 0 Å². The summed E-state index contributed by atoms with van der Waals surface area (Å²) in [4.78, 5) is 0. The molecule has 0 saturated heterocycles. The van der Waals surface area contributed by atoms with Gasteiger partial charge in [-0.05, 0) is 44.1 Å². The van der Waals surface area contributed by atoms with Crippen LogP contribution >= 0.6 is 0 Å². The minimum atomic E-state index is 0.397. The maximum atomic E-state index is 5.98. The minimum Gasteiger partial charge on any atom is -0.382 e. The lowest BCUT2D eigenvalue weighted by atomic mass is 9.67. The van der Waals surface area contributed by atoms with E-state index in [1.165, 1.54) is 32.1 Å². The van der Waals surface area contributed by atoms with Crippen molar-refractivity contribution < 1.29 is 4.74 Å². The summed E-state index contributed by atoms with van der Waals surface area (Å²) < 4.78 is 5.48. The molecule has 90 valence electrons. The zero-order valence-electron chi connectivity index (χ0n) is 10.4. The zero-order valence-corrected chi connectivity index (χ0v) is 10.4. The maximum Gasteiger partial charge on any atom is 0.0471 e. The molecule has 1 rings (SSSR count). The molecule has 15 heavy (non-hydrogen) atoms. The molecule has 0 aromatic rings. The maximum absolute atomic E-state index is 5.98. The van der Waals surface area contributed by atoms with Crippen LogP contribution in [0.3, 0.4) is 0 Å². The van der Waals surface area contributed by atoms with E-state index in [2.05, 4.69) is 13.8 Å². The molecule has 1 aliphatic rings. The highest BCUT2D eigenvalue weighted by molar-refractivity contribution is 4.86. The fourth-order valence-corrected chi connectivity index (χ4v) is 2.88. The van der Waals surface area contributed by atoms with Gasteiger partial charge in [0.15, 0.2) is 0 Å². The Morgan fingerprint density at radius 1 is 1.40 bits per heavy atom. The number of hydrogen-bond donors (Lipinski definition) is 1. The molecule has 2 unspecified atom stereocenters. The van der Waals surface area contributed by atoms with E-state index in [1.807, 2.05) is 0 Å². The molecule has 2 N–H and O–H groups in total. The number of hydrogen-bond acceptors (Lipinski definition) is 2. The second-order valence-electron chi connectivity index (χ2n) is 5.02. The smallest absolute Gasteiger partial charge is 0.0471 e. The van der Waals surface area contributed by atoms with Gasteiger partial charge in [0.25, 0.3) is 0 Å². The van der Waals surface area contributed by atoms with Gasteiger partial charge in [0.05, 0.1) is 0 Å². The molecule has 0 heterocycles. The third-order valence-electron chi connectivity index (χ3n) is 4.03. The molecule has 1 saturated carbocycles. The van der Waals surface area contributed by atoms with Crippen LogP contribution in [0.5, 0.6) is 0 Å². The third-order valence-corrected chi connectivity index (χ3v) is 4.03. The molecule has 1 aliphatic carbocycles. The molecular weight excluding hydrogens is 186 g/mol. The molecule has 0 aromatic heterocycles. The van der Waals surface area contributed by atoms with Crippen molar-refractivity contribution in [2.45, 2.75) is 52.4 Å². The van der Waals surface area contributed by atoms with Gasteiger partial charge in [-0.1, -0.05) is 26.2 Å². The van der Waals surface area contributed by atoms with Crippen LogP contribution in [0, 0.1) is 11.3 Å². The van der Waals surface area contributed by atoms with E-state index in [0.717, 1.165) is 32.1 Å². The van der Waals surface area contributed by atoms with E-state index in [4.69, 9.17) is 10.5 Å². The lowest BCUT2D eigenvalue weighted by Gasteiger charge is -2.40. The van der Waals surface area contributed by atoms with Gasteiger partial charge in [-0.15, -0.1) is 0 Å². The Kier molecular flexibility index (Phi) is 5.62. The normalized spacial score (nSPS) is 31.8. The number of ether oxygens (including phenoxy) is 1. The quantitative estimate of drug-likeness (QED) is 0.688. The van der Waals surface area contributed by atoms with Crippen molar-refractivity contribution in [2.24, 2.45) is 17.1 Å². The van der Waals surface area contributed by atoms with Crippen LogP contribution in [0.15, 0.2) is 0 Å². The largest absolute Gasteiger partial charge is 0.382 e. The van der Waals surface area contributed by atoms with Gasteiger partial charge in [0.2, 0.25) is 0 Å². The highest BCUT2D eigenvalue weighted by Gasteiger charge is 2.34. The third kappa shape index (κ3) is 3.76. The molecule has 0 spiro atoms. The van der Waals surface area contributed by atoms with E-state index in [-0.39, 0.29) is 0 Å². The first-order valence-electron chi connectivity index (χ1n) is 6.54. The van der Waals surface area contributed by atoms with Crippen LogP contribution in [-0.4, -0.2) is 19.8 Å². The molecule has 0 radical (unpaired) electrons. The Labute approximate surface area is 94.6 Å². The lowest BCUT2D eigenvalue weighted by Crippen LogP contribution is -2.36. The predicted molar refractivity (Wildman–Crippen MR) is 64.8 cm³/mol. The van der Waals surface area contributed by atoms with E-state index >= 15 is 0 Å². The first-order valence-corrected chi connectivity index (χ1v) is 6.54. The summed E-state index contributed by atoms with van der Waals surface area (Å²) in [5, 5.41) is 0. The topological polar surface area (TPSA) is 35.2 Å². The van der Waals surface area contributed by atoms with Crippen LogP contribution in [-0.2, 0) is 4.74 Å². The molecule has 0 aromatic carbocycles. The van der Waals surface area contributed by atoms with Gasteiger partial charge < -0.3 is 10.5 Å². The number of nitrogens with two attached hydrogens (primary N) is 1. The van der Waals surface area contributed by atoms with Crippen LogP contribution < -0.4 is 5.73 Å². The molecule has 0 amide bonds. The van der Waals surface area contributed by atoms with Crippen LogP contribution in [0.2, 0.25) is 0 Å². The fraction of sp³-hybridized carbons (Fsp3) is 1.00. The molecule has 2 heteroatoms. The summed E-state index contributed by atoms with van der Waals surface area (Å²) in [6.07, 6.45) is 7.89. The second-order valence-corrected chi connectivity index (χ2v) is 5.02. The SMILES string of the molecule is CCOCCC1(CN)CCCC(CC)C1.